The second kappa shape index (κ2) is 6.02. The highest BCUT2D eigenvalue weighted by Crippen LogP contribution is 2.22. The molecular weight excluding hydrogens is 286 g/mol. The number of methoxy groups -OCH3 is 1. The van der Waals surface area contributed by atoms with E-state index in [0.717, 1.165) is 7.05 Å². The van der Waals surface area contributed by atoms with Gasteiger partial charge >= 0.3 is 11.9 Å². The maximum absolute atomic E-state index is 12.3. The number of aliphatic carboxylic acids is 1. The van der Waals surface area contributed by atoms with Crippen LogP contribution in [0.4, 0.5) is 0 Å². The summed E-state index contributed by atoms with van der Waals surface area (Å²) in [6.45, 7) is 0.804. The van der Waals surface area contributed by atoms with E-state index in [9.17, 15) is 18.0 Å². The third kappa shape index (κ3) is 3.14. The van der Waals surface area contributed by atoms with Crippen molar-refractivity contribution in [3.63, 3.8) is 0 Å². The minimum absolute atomic E-state index is 0.121. The number of rotatable bonds is 5. The smallest absolute Gasteiger partial charge is 0.338 e. The van der Waals surface area contributed by atoms with Gasteiger partial charge in [0.1, 0.15) is 6.54 Å². The lowest BCUT2D eigenvalue weighted by Gasteiger charge is -2.17. The summed E-state index contributed by atoms with van der Waals surface area (Å²) < 4.78 is 29.8. The molecule has 1 aromatic carbocycles. The first-order chi connectivity index (χ1) is 9.21. The molecular formula is C12H15NO6S. The Hall–Kier alpha value is -1.93. The molecule has 0 aromatic heterocycles. The molecule has 0 radical (unpaired) electrons. The summed E-state index contributed by atoms with van der Waals surface area (Å²) in [6.07, 6.45) is 0. The van der Waals surface area contributed by atoms with Crippen LogP contribution < -0.4 is 0 Å². The van der Waals surface area contributed by atoms with Crippen LogP contribution in [0.5, 0.6) is 0 Å². The average molecular weight is 301 g/mol. The second-order valence-corrected chi connectivity index (χ2v) is 6.09. The molecule has 0 unspecified atom stereocenters. The molecule has 20 heavy (non-hydrogen) atoms. The summed E-state index contributed by atoms with van der Waals surface area (Å²) in [5.74, 6) is -1.92. The van der Waals surface area contributed by atoms with Crippen molar-refractivity contribution < 1.29 is 27.9 Å². The molecule has 0 amide bonds. The maximum atomic E-state index is 12.3. The van der Waals surface area contributed by atoms with E-state index < -0.39 is 28.5 Å². The van der Waals surface area contributed by atoms with E-state index in [0.29, 0.717) is 4.31 Å². The van der Waals surface area contributed by atoms with E-state index in [2.05, 4.69) is 4.74 Å². The molecule has 0 aliphatic carbocycles. The van der Waals surface area contributed by atoms with Crippen LogP contribution in [0.1, 0.15) is 15.9 Å². The number of benzene rings is 1. The summed E-state index contributed by atoms with van der Waals surface area (Å²) in [5, 5.41) is 8.66. The minimum atomic E-state index is -3.98. The fourth-order valence-electron chi connectivity index (χ4n) is 1.67. The zero-order chi connectivity index (χ0) is 15.5. The lowest BCUT2D eigenvalue weighted by Crippen LogP contribution is -2.32. The lowest BCUT2D eigenvalue weighted by atomic mass is 10.1. The van der Waals surface area contributed by atoms with E-state index in [1.54, 1.807) is 0 Å². The summed E-state index contributed by atoms with van der Waals surface area (Å²) in [7, 11) is -1.63. The van der Waals surface area contributed by atoms with Crippen molar-refractivity contribution in [2.24, 2.45) is 0 Å². The molecule has 0 atom stereocenters. The van der Waals surface area contributed by atoms with Gasteiger partial charge in [0, 0.05) is 7.05 Å². The number of hydrogen-bond donors (Lipinski definition) is 1. The number of nitrogens with zero attached hydrogens (tertiary/aromatic N) is 1. The van der Waals surface area contributed by atoms with Crippen LogP contribution in [-0.2, 0) is 19.6 Å². The predicted molar refractivity (Wildman–Crippen MR) is 70.0 cm³/mol. The van der Waals surface area contributed by atoms with Crippen LogP contribution >= 0.6 is 0 Å². The summed E-state index contributed by atoms with van der Waals surface area (Å²) >= 11 is 0. The second-order valence-electron chi connectivity index (χ2n) is 4.08. The van der Waals surface area contributed by atoms with Crippen molar-refractivity contribution in [3.05, 3.63) is 29.3 Å². The van der Waals surface area contributed by atoms with Gasteiger partial charge in [-0.05, 0) is 24.6 Å². The third-order valence-electron chi connectivity index (χ3n) is 2.74. The predicted octanol–water partition coefficient (Wildman–Crippen LogP) is 0.487. The number of likely N-dealkylation sites (N-methyl/N-ethyl adjacent to an activating group) is 1. The van der Waals surface area contributed by atoms with E-state index in [1.165, 1.54) is 32.2 Å². The first kappa shape index (κ1) is 16.1. The van der Waals surface area contributed by atoms with Gasteiger partial charge in [-0.15, -0.1) is 0 Å². The van der Waals surface area contributed by atoms with Gasteiger partial charge < -0.3 is 9.84 Å². The van der Waals surface area contributed by atoms with Gasteiger partial charge in [0.25, 0.3) is 0 Å². The van der Waals surface area contributed by atoms with Crippen LogP contribution in [0.2, 0.25) is 0 Å². The van der Waals surface area contributed by atoms with Crippen molar-refractivity contribution in [2.75, 3.05) is 20.7 Å². The minimum Gasteiger partial charge on any atom is -0.480 e. The van der Waals surface area contributed by atoms with Crippen LogP contribution in [0, 0.1) is 6.92 Å². The number of sulfonamides is 1. The van der Waals surface area contributed by atoms with Crippen molar-refractivity contribution >= 4 is 22.0 Å². The number of carboxylic acids is 1. The summed E-state index contributed by atoms with van der Waals surface area (Å²) in [4.78, 5) is 22.0. The zero-order valence-corrected chi connectivity index (χ0v) is 12.1. The number of carboxylic acid groups (broad SMARTS) is 1. The molecule has 0 aliphatic rings. The Bertz CT molecular complexity index is 637. The molecule has 1 aromatic rings. The normalized spacial score (nSPS) is 11.4. The highest BCUT2D eigenvalue weighted by molar-refractivity contribution is 7.89. The van der Waals surface area contributed by atoms with Gasteiger partial charge in [-0.3, -0.25) is 4.79 Å². The molecule has 7 nitrogen and oxygen atoms in total. The van der Waals surface area contributed by atoms with E-state index in [-0.39, 0.29) is 16.0 Å². The molecule has 1 rings (SSSR count). The van der Waals surface area contributed by atoms with E-state index >= 15 is 0 Å². The van der Waals surface area contributed by atoms with Crippen LogP contribution in [0.15, 0.2) is 23.1 Å². The van der Waals surface area contributed by atoms with Crippen molar-refractivity contribution in [1.29, 1.82) is 0 Å². The van der Waals surface area contributed by atoms with Crippen LogP contribution in [0.25, 0.3) is 0 Å². The van der Waals surface area contributed by atoms with Gasteiger partial charge in [-0.2, -0.15) is 4.31 Å². The van der Waals surface area contributed by atoms with Crippen LogP contribution in [0.3, 0.4) is 0 Å². The Balaban J connectivity index is 3.33. The number of ether oxygens (including phenoxy) is 1. The van der Waals surface area contributed by atoms with Crippen molar-refractivity contribution in [2.45, 2.75) is 11.8 Å². The summed E-state index contributed by atoms with van der Waals surface area (Å²) in [5.41, 5.74) is 0.342. The molecule has 0 spiro atoms. The first-order valence-corrected chi connectivity index (χ1v) is 7.02. The van der Waals surface area contributed by atoms with Gasteiger partial charge in [-0.1, -0.05) is 6.07 Å². The topological polar surface area (TPSA) is 101 Å². The Labute approximate surface area is 116 Å². The maximum Gasteiger partial charge on any atom is 0.338 e. The molecule has 0 fully saturated rings. The number of carbonyl (C=O) groups excluding carboxylic acids is 1. The van der Waals surface area contributed by atoms with Gasteiger partial charge in [0.05, 0.1) is 17.6 Å². The quantitative estimate of drug-likeness (QED) is 0.794. The Morgan fingerprint density at radius 1 is 1.35 bits per heavy atom. The lowest BCUT2D eigenvalue weighted by molar-refractivity contribution is -0.137. The van der Waals surface area contributed by atoms with Crippen molar-refractivity contribution in [1.82, 2.24) is 4.31 Å². The fourth-order valence-corrected chi connectivity index (χ4v) is 3.03. The molecule has 0 heterocycles. The van der Waals surface area contributed by atoms with Crippen molar-refractivity contribution in [3.8, 4) is 0 Å². The summed E-state index contributed by atoms with van der Waals surface area (Å²) in [6, 6.07) is 4.16. The molecule has 110 valence electrons. The number of esters is 1. The van der Waals surface area contributed by atoms with Gasteiger partial charge in [0.2, 0.25) is 10.0 Å². The molecule has 0 saturated carbocycles. The monoisotopic (exact) mass is 301 g/mol. The van der Waals surface area contributed by atoms with E-state index in [1.807, 2.05) is 0 Å². The standard InChI is InChI=1S/C12H15NO6S/c1-8-9(12(16)19-3)5-4-6-10(8)20(17,18)13(2)7-11(14)15/h4-6H,7H2,1-3H3,(H,14,15). The number of carbonyl (C=O) groups is 2. The Kier molecular flexibility index (Phi) is 4.85. The number of hydrogen-bond acceptors (Lipinski definition) is 5. The molecule has 0 bridgehead atoms. The molecule has 0 saturated heterocycles. The zero-order valence-electron chi connectivity index (χ0n) is 11.3. The fraction of sp³-hybridized carbons (Fsp3) is 0.333. The highest BCUT2D eigenvalue weighted by atomic mass is 32.2. The van der Waals surface area contributed by atoms with Crippen LogP contribution in [-0.4, -0.2) is 50.5 Å². The molecule has 8 heteroatoms. The first-order valence-electron chi connectivity index (χ1n) is 5.58. The third-order valence-corrected chi connectivity index (χ3v) is 4.68. The molecule has 0 aliphatic heterocycles. The Morgan fingerprint density at radius 2 is 1.95 bits per heavy atom. The van der Waals surface area contributed by atoms with Gasteiger partial charge in [0.15, 0.2) is 0 Å². The Morgan fingerprint density at radius 3 is 2.45 bits per heavy atom. The average Bonchev–Trinajstić information content (AvgIpc) is 2.37. The van der Waals surface area contributed by atoms with Gasteiger partial charge in [-0.25, -0.2) is 13.2 Å². The van der Waals surface area contributed by atoms with E-state index in [4.69, 9.17) is 5.11 Å². The molecule has 1 N–H and O–H groups in total. The highest BCUT2D eigenvalue weighted by Gasteiger charge is 2.26. The largest absolute Gasteiger partial charge is 0.480 e. The SMILES string of the molecule is COC(=O)c1cccc(S(=O)(=O)N(C)CC(=O)O)c1C.